The molecule has 2 aliphatic rings. The number of alkyl halides is 3. The fourth-order valence-corrected chi connectivity index (χ4v) is 5.16. The maximum Gasteiger partial charge on any atom is 0.422 e. The van der Waals surface area contributed by atoms with Gasteiger partial charge in [-0.15, -0.1) is 10.2 Å². The van der Waals surface area contributed by atoms with E-state index in [4.69, 9.17) is 9.47 Å². The summed E-state index contributed by atoms with van der Waals surface area (Å²) in [5.41, 5.74) is 2.37. The van der Waals surface area contributed by atoms with Gasteiger partial charge in [0.2, 0.25) is 17.7 Å². The lowest BCUT2D eigenvalue weighted by atomic mass is 9.92. The molecular formula is C23H28F3N7O2. The van der Waals surface area contributed by atoms with E-state index in [0.29, 0.717) is 29.3 Å². The number of fused-ring (bicyclic) bond motifs is 3. The second-order valence-corrected chi connectivity index (χ2v) is 9.49. The second kappa shape index (κ2) is 9.04. The van der Waals surface area contributed by atoms with Crippen molar-refractivity contribution in [2.75, 3.05) is 37.0 Å². The first-order valence-electron chi connectivity index (χ1n) is 11.7. The van der Waals surface area contributed by atoms with E-state index in [2.05, 4.69) is 30.5 Å². The molecule has 1 unspecified atom stereocenters. The molecule has 3 atom stereocenters. The fourth-order valence-electron chi connectivity index (χ4n) is 5.16. The lowest BCUT2D eigenvalue weighted by Gasteiger charge is -2.39. The van der Waals surface area contributed by atoms with Gasteiger partial charge in [0.05, 0.1) is 19.0 Å². The highest BCUT2D eigenvalue weighted by Crippen LogP contribution is 2.40. The van der Waals surface area contributed by atoms with Gasteiger partial charge in [0.15, 0.2) is 12.3 Å². The Morgan fingerprint density at radius 1 is 1.17 bits per heavy atom. The molecule has 9 nitrogen and oxygen atoms in total. The van der Waals surface area contributed by atoms with Crippen molar-refractivity contribution in [3.63, 3.8) is 0 Å². The molecular weight excluding hydrogens is 463 g/mol. The normalized spacial score (nSPS) is 22.1. The van der Waals surface area contributed by atoms with Crippen LogP contribution in [0.15, 0.2) is 24.4 Å². The van der Waals surface area contributed by atoms with Crippen LogP contribution in [0.1, 0.15) is 38.2 Å². The third-order valence-corrected chi connectivity index (χ3v) is 6.81. The number of hydrogen-bond acceptors (Lipinski definition) is 8. The van der Waals surface area contributed by atoms with Gasteiger partial charge in [-0.3, -0.25) is 0 Å². The number of halogens is 3. The van der Waals surface area contributed by atoms with Crippen LogP contribution >= 0.6 is 0 Å². The number of nitrogens with zero attached hydrogens (tertiary/aromatic N) is 6. The highest BCUT2D eigenvalue weighted by atomic mass is 19.4. The average molecular weight is 492 g/mol. The fraction of sp³-hybridized carbons (Fsp3) is 0.565. The van der Waals surface area contributed by atoms with Crippen LogP contribution in [0.2, 0.25) is 0 Å². The van der Waals surface area contributed by atoms with E-state index in [1.54, 1.807) is 19.4 Å². The molecule has 0 aromatic carbocycles. The van der Waals surface area contributed by atoms with E-state index >= 15 is 0 Å². The highest BCUT2D eigenvalue weighted by Gasteiger charge is 2.43. The molecule has 35 heavy (non-hydrogen) atoms. The number of rotatable bonds is 7. The van der Waals surface area contributed by atoms with Crippen molar-refractivity contribution in [3.8, 4) is 11.8 Å². The summed E-state index contributed by atoms with van der Waals surface area (Å²) in [6.45, 7) is 4.31. The van der Waals surface area contributed by atoms with E-state index in [1.165, 1.54) is 10.6 Å². The van der Waals surface area contributed by atoms with Crippen LogP contribution in [-0.4, -0.2) is 63.8 Å². The molecule has 188 valence electrons. The minimum Gasteiger partial charge on any atom is -0.480 e. The number of aromatic nitrogens is 5. The van der Waals surface area contributed by atoms with Crippen LogP contribution < -0.4 is 19.7 Å². The van der Waals surface area contributed by atoms with Crippen molar-refractivity contribution in [2.45, 2.75) is 44.8 Å². The Labute approximate surface area is 200 Å². The molecule has 1 saturated heterocycles. The van der Waals surface area contributed by atoms with Crippen LogP contribution in [-0.2, 0) is 0 Å². The number of ether oxygens (including phenoxy) is 2. The average Bonchev–Trinajstić information content (AvgIpc) is 3.33. The summed E-state index contributed by atoms with van der Waals surface area (Å²) in [5, 5.41) is 16.0. The lowest BCUT2D eigenvalue weighted by Crippen LogP contribution is -2.48. The molecule has 12 heteroatoms. The standard InChI is InChI=1S/C23H28F3N7O2/c1-13(2)17-6-7-19(35-12-23(24,25)26)33-21(17)29-22(31-33)28-20-14-4-5-15(20)11-32(10-14)16-8-18(34-3)30-27-9-16/h6-9,13-15,20H,4-5,10-12H2,1-3H3,(H,28,31)/t14-,15+,20?. The van der Waals surface area contributed by atoms with E-state index in [1.807, 2.05) is 19.9 Å². The number of methoxy groups -OCH3 is 1. The number of hydrogen-bond donors (Lipinski definition) is 1. The van der Waals surface area contributed by atoms with Crippen LogP contribution in [0.3, 0.4) is 0 Å². The highest BCUT2D eigenvalue weighted by molar-refractivity contribution is 5.55. The maximum atomic E-state index is 12.8. The summed E-state index contributed by atoms with van der Waals surface area (Å²) in [7, 11) is 1.57. The quantitative estimate of drug-likeness (QED) is 0.532. The third-order valence-electron chi connectivity index (χ3n) is 6.81. The second-order valence-electron chi connectivity index (χ2n) is 9.49. The minimum absolute atomic E-state index is 0.0131. The molecule has 0 amide bonds. The van der Waals surface area contributed by atoms with Gasteiger partial charge in [0.25, 0.3) is 0 Å². The molecule has 2 bridgehead atoms. The van der Waals surface area contributed by atoms with Crippen molar-refractivity contribution in [2.24, 2.45) is 11.8 Å². The zero-order valence-electron chi connectivity index (χ0n) is 19.8. The smallest absolute Gasteiger partial charge is 0.422 e. The molecule has 1 saturated carbocycles. The van der Waals surface area contributed by atoms with E-state index in [0.717, 1.165) is 37.2 Å². The third kappa shape index (κ3) is 4.78. The van der Waals surface area contributed by atoms with Crippen molar-refractivity contribution in [3.05, 3.63) is 30.0 Å². The summed E-state index contributed by atoms with van der Waals surface area (Å²) < 4.78 is 49.9. The van der Waals surface area contributed by atoms with Gasteiger partial charge in [0.1, 0.15) is 0 Å². The first-order chi connectivity index (χ1) is 16.7. The minimum atomic E-state index is -4.44. The Hall–Kier alpha value is -3.31. The largest absolute Gasteiger partial charge is 0.480 e. The molecule has 2 fully saturated rings. The Bertz CT molecular complexity index is 1190. The van der Waals surface area contributed by atoms with Gasteiger partial charge in [-0.2, -0.15) is 27.8 Å². The molecule has 3 aromatic rings. The Kier molecular flexibility index (Phi) is 6.06. The van der Waals surface area contributed by atoms with Crippen molar-refractivity contribution in [1.29, 1.82) is 0 Å². The predicted molar refractivity (Wildman–Crippen MR) is 123 cm³/mol. The molecule has 5 rings (SSSR count). The summed E-state index contributed by atoms with van der Waals surface area (Å²) in [6.07, 6.45) is -0.556. The van der Waals surface area contributed by atoms with Crippen molar-refractivity contribution < 1.29 is 22.6 Å². The topological polar surface area (TPSA) is 89.7 Å². The summed E-state index contributed by atoms with van der Waals surface area (Å²) in [4.78, 5) is 6.96. The number of nitrogens with one attached hydrogen (secondary N) is 1. The van der Waals surface area contributed by atoms with Crippen LogP contribution in [0.5, 0.6) is 11.8 Å². The summed E-state index contributed by atoms with van der Waals surface area (Å²) in [5.74, 6) is 1.75. The Morgan fingerprint density at radius 3 is 2.57 bits per heavy atom. The van der Waals surface area contributed by atoms with Gasteiger partial charge < -0.3 is 19.7 Å². The molecule has 3 aromatic heterocycles. The van der Waals surface area contributed by atoms with Gasteiger partial charge in [0, 0.05) is 31.3 Å². The van der Waals surface area contributed by atoms with Gasteiger partial charge in [-0.25, -0.2) is 0 Å². The predicted octanol–water partition coefficient (Wildman–Crippen LogP) is 3.92. The molecule has 0 radical (unpaired) electrons. The van der Waals surface area contributed by atoms with Crippen molar-refractivity contribution in [1.82, 2.24) is 24.8 Å². The summed E-state index contributed by atoms with van der Waals surface area (Å²) in [6, 6.07) is 5.33. The SMILES string of the molecule is COc1cc(N2C[C@H]3CC[C@@H](C2)C3Nc2nc3c(C(C)C)ccc(OCC(F)(F)F)n3n2)cnn1. The monoisotopic (exact) mass is 491 g/mol. The number of pyridine rings is 1. The van der Waals surface area contributed by atoms with Crippen molar-refractivity contribution >= 4 is 17.3 Å². The molecule has 1 aliphatic heterocycles. The van der Waals surface area contributed by atoms with Gasteiger partial charge in [-0.05, 0) is 42.2 Å². The molecule has 1 aliphatic carbocycles. The molecule has 4 heterocycles. The first-order valence-corrected chi connectivity index (χ1v) is 11.7. The van der Waals surface area contributed by atoms with E-state index < -0.39 is 12.8 Å². The number of piperidine rings is 1. The van der Waals surface area contributed by atoms with E-state index in [-0.39, 0.29) is 17.8 Å². The zero-order valence-corrected chi connectivity index (χ0v) is 19.8. The molecule has 0 spiro atoms. The Morgan fingerprint density at radius 2 is 1.91 bits per heavy atom. The summed E-state index contributed by atoms with van der Waals surface area (Å²) >= 11 is 0. The Balaban J connectivity index is 1.37. The van der Waals surface area contributed by atoms with Gasteiger partial charge in [-0.1, -0.05) is 13.8 Å². The van der Waals surface area contributed by atoms with Crippen LogP contribution in [0.4, 0.5) is 24.8 Å². The molecule has 1 N–H and O–H groups in total. The lowest BCUT2D eigenvalue weighted by molar-refractivity contribution is -0.154. The van der Waals surface area contributed by atoms with Crippen LogP contribution in [0, 0.1) is 11.8 Å². The van der Waals surface area contributed by atoms with E-state index in [9.17, 15) is 13.2 Å². The zero-order chi connectivity index (χ0) is 24.7. The van der Waals surface area contributed by atoms with Crippen LogP contribution in [0.25, 0.3) is 5.65 Å². The number of anilines is 2. The first kappa shape index (κ1) is 23.4. The maximum absolute atomic E-state index is 12.8. The van der Waals surface area contributed by atoms with Gasteiger partial charge >= 0.3 is 6.18 Å².